The molecule has 0 amide bonds. The van der Waals surface area contributed by atoms with Crippen LogP contribution >= 0.6 is 0 Å². The molecular weight excluding hydrogens is 510 g/mol. The predicted octanol–water partition coefficient (Wildman–Crippen LogP) is 7.09. The molecule has 4 aromatic rings. The molecule has 0 aliphatic heterocycles. The van der Waals surface area contributed by atoms with Gasteiger partial charge in [0.05, 0.1) is 6.54 Å². The fourth-order valence-electron chi connectivity index (χ4n) is 6.93. The zero-order valence-electron chi connectivity index (χ0n) is 25.1. The van der Waals surface area contributed by atoms with Gasteiger partial charge < -0.3 is 0 Å². The summed E-state index contributed by atoms with van der Waals surface area (Å²) in [6.45, 7) is 9.68. The quantitative estimate of drug-likeness (QED) is 0.225. The summed E-state index contributed by atoms with van der Waals surface area (Å²) in [5.41, 5.74) is 5.21. The van der Waals surface area contributed by atoms with Crippen molar-refractivity contribution in [1.82, 2.24) is 34.7 Å². The summed E-state index contributed by atoms with van der Waals surface area (Å²) in [7, 11) is 0. The number of hydrogen-bond donors (Lipinski definition) is 1. The third-order valence-electron chi connectivity index (χ3n) is 9.16. The summed E-state index contributed by atoms with van der Waals surface area (Å²) >= 11 is 0. The summed E-state index contributed by atoms with van der Waals surface area (Å²) < 4.78 is 4.18. The first-order valence-corrected chi connectivity index (χ1v) is 15.6. The molecule has 0 spiro atoms. The van der Waals surface area contributed by atoms with Crippen LogP contribution < -0.4 is 5.69 Å². The lowest BCUT2D eigenvalue weighted by Gasteiger charge is -2.38. The van der Waals surface area contributed by atoms with Crippen LogP contribution in [-0.4, -0.2) is 34.7 Å². The second kappa shape index (κ2) is 13.4. The molecule has 41 heavy (non-hydrogen) atoms. The Bertz CT molecular complexity index is 1450. The van der Waals surface area contributed by atoms with E-state index >= 15 is 0 Å². The van der Waals surface area contributed by atoms with Crippen molar-refractivity contribution >= 4 is 0 Å². The maximum Gasteiger partial charge on any atom is 0.328 e. The molecule has 0 bridgehead atoms. The number of aromatic amines is 1. The number of aryl methyl sites for hydroxylation is 1. The normalized spacial score (nSPS) is 19.8. The van der Waals surface area contributed by atoms with Crippen molar-refractivity contribution in [1.29, 1.82) is 0 Å². The number of rotatable bonds is 10. The lowest BCUT2D eigenvalue weighted by Crippen LogP contribution is -2.37. The van der Waals surface area contributed by atoms with Gasteiger partial charge in [-0.15, -0.1) is 5.10 Å². The Kier molecular flexibility index (Phi) is 9.47. The third kappa shape index (κ3) is 6.21. The number of tetrazole rings is 1. The fourth-order valence-corrected chi connectivity index (χ4v) is 6.93. The van der Waals surface area contributed by atoms with Crippen LogP contribution in [0.1, 0.15) is 96.4 Å². The van der Waals surface area contributed by atoms with Crippen LogP contribution in [0.5, 0.6) is 0 Å². The molecule has 8 heteroatoms. The van der Waals surface area contributed by atoms with E-state index in [9.17, 15) is 4.79 Å². The molecule has 1 aromatic carbocycles. The van der Waals surface area contributed by atoms with E-state index in [1.165, 1.54) is 32.1 Å². The highest BCUT2D eigenvalue weighted by Gasteiger charge is 2.35. The average molecular weight is 556 g/mol. The van der Waals surface area contributed by atoms with Gasteiger partial charge in [0.15, 0.2) is 5.82 Å². The summed E-state index contributed by atoms with van der Waals surface area (Å²) in [5, 5.41) is 14.6. The van der Waals surface area contributed by atoms with Gasteiger partial charge in [-0.05, 0) is 76.6 Å². The van der Waals surface area contributed by atoms with E-state index in [-0.39, 0.29) is 11.7 Å². The van der Waals surface area contributed by atoms with Crippen LogP contribution in [-0.2, 0) is 13.0 Å². The number of nitrogens with one attached hydrogen (secondary N) is 1. The molecule has 1 aliphatic carbocycles. The van der Waals surface area contributed by atoms with Gasteiger partial charge in [-0.2, -0.15) is 0 Å². The largest absolute Gasteiger partial charge is 0.328 e. The molecule has 1 N–H and O–H groups in total. The topological polar surface area (TPSA) is 94.3 Å². The highest BCUT2D eigenvalue weighted by molar-refractivity contribution is 5.81. The number of imidazole rings is 1. The van der Waals surface area contributed by atoms with Crippen LogP contribution in [0, 0.1) is 17.8 Å². The molecule has 5 rings (SSSR count). The second-order valence-electron chi connectivity index (χ2n) is 12.0. The Morgan fingerprint density at radius 1 is 1.02 bits per heavy atom. The highest BCUT2D eigenvalue weighted by atomic mass is 16.1. The van der Waals surface area contributed by atoms with Crippen molar-refractivity contribution < 1.29 is 0 Å². The number of nitrogens with zero attached hydrogens (tertiary/aromatic N) is 6. The lowest BCUT2D eigenvalue weighted by molar-refractivity contribution is 0.138. The predicted molar refractivity (Wildman–Crippen MR) is 163 cm³/mol. The molecule has 3 unspecified atom stereocenters. The van der Waals surface area contributed by atoms with Gasteiger partial charge in [-0.25, -0.2) is 9.89 Å². The van der Waals surface area contributed by atoms with Crippen molar-refractivity contribution in [2.45, 2.75) is 98.1 Å². The molecule has 1 fully saturated rings. The van der Waals surface area contributed by atoms with Crippen molar-refractivity contribution in [3.8, 4) is 22.5 Å². The van der Waals surface area contributed by atoms with Gasteiger partial charge in [0, 0.05) is 35.9 Å². The van der Waals surface area contributed by atoms with Crippen LogP contribution in [0.2, 0.25) is 0 Å². The zero-order valence-corrected chi connectivity index (χ0v) is 25.1. The fraction of sp³-hybridized carbons (Fsp3) is 0.545. The Morgan fingerprint density at radius 3 is 2.56 bits per heavy atom. The molecular formula is C33H45N7O. The maximum absolute atomic E-state index is 14.5. The average Bonchev–Trinajstić information content (AvgIpc) is 3.61. The minimum atomic E-state index is 0.119. The molecule has 1 aliphatic rings. The standard InChI is InChI=1S/C33H45N7O/c1-5-7-14-26-22-40(31-24(6-2)13-9-8-10-15-27(31)23(3)4)33(41)39(26)21-25-20-34-19-18-28(25)29-16-11-12-17-30(29)32-35-37-38-36-32/h11-12,16-20,22-24,27,31H,5-10,13-15,21H2,1-4H3,(H,35,36,37,38). The molecule has 0 saturated heterocycles. The Morgan fingerprint density at radius 2 is 1.83 bits per heavy atom. The van der Waals surface area contributed by atoms with E-state index in [0.717, 1.165) is 53.6 Å². The summed E-state index contributed by atoms with van der Waals surface area (Å²) in [6, 6.07) is 10.4. The smallest absolute Gasteiger partial charge is 0.295 e. The molecule has 1 saturated carbocycles. The van der Waals surface area contributed by atoms with E-state index in [1.807, 2.05) is 41.2 Å². The molecule has 3 heterocycles. The Balaban J connectivity index is 1.60. The molecule has 3 atom stereocenters. The first kappa shape index (κ1) is 29.0. The first-order valence-electron chi connectivity index (χ1n) is 15.6. The Hall–Kier alpha value is -3.55. The number of benzene rings is 1. The van der Waals surface area contributed by atoms with Gasteiger partial charge >= 0.3 is 5.69 Å². The van der Waals surface area contributed by atoms with E-state index in [4.69, 9.17) is 0 Å². The SMILES string of the molecule is CCCCc1cn(C2C(CC)CCCCCC2C(C)C)c(=O)n1Cc1cnccc1-c1ccccc1-c1nnn[nH]1. The van der Waals surface area contributed by atoms with Gasteiger partial charge in [0.1, 0.15) is 0 Å². The van der Waals surface area contributed by atoms with Crippen molar-refractivity contribution in [2.24, 2.45) is 17.8 Å². The third-order valence-corrected chi connectivity index (χ3v) is 9.16. The number of pyridine rings is 1. The first-order chi connectivity index (χ1) is 20.0. The van der Waals surface area contributed by atoms with Crippen LogP contribution in [0.25, 0.3) is 22.5 Å². The number of hydrogen-bond acceptors (Lipinski definition) is 5. The van der Waals surface area contributed by atoms with Gasteiger partial charge in [-0.3, -0.25) is 14.1 Å². The molecule has 8 nitrogen and oxygen atoms in total. The number of aromatic nitrogens is 7. The van der Waals surface area contributed by atoms with E-state index in [1.54, 1.807) is 0 Å². The summed E-state index contributed by atoms with van der Waals surface area (Å²) in [4.78, 5) is 19.0. The van der Waals surface area contributed by atoms with Crippen molar-refractivity contribution in [3.63, 3.8) is 0 Å². The van der Waals surface area contributed by atoms with Crippen LogP contribution in [0.4, 0.5) is 0 Å². The maximum atomic E-state index is 14.5. The zero-order chi connectivity index (χ0) is 28.8. The van der Waals surface area contributed by atoms with Crippen molar-refractivity contribution in [3.05, 3.63) is 70.7 Å². The number of H-pyrrole nitrogens is 1. The summed E-state index contributed by atoms with van der Waals surface area (Å²) in [6.07, 6.45) is 16.3. The van der Waals surface area contributed by atoms with Crippen molar-refractivity contribution in [2.75, 3.05) is 0 Å². The molecule has 3 aromatic heterocycles. The summed E-state index contributed by atoms with van der Waals surface area (Å²) in [5.74, 6) is 2.18. The minimum absolute atomic E-state index is 0.119. The minimum Gasteiger partial charge on any atom is -0.295 e. The van der Waals surface area contributed by atoms with E-state index in [2.05, 4.69) is 70.1 Å². The molecule has 218 valence electrons. The van der Waals surface area contributed by atoms with Crippen LogP contribution in [0.3, 0.4) is 0 Å². The second-order valence-corrected chi connectivity index (χ2v) is 12.0. The van der Waals surface area contributed by atoms with Gasteiger partial charge in [0.25, 0.3) is 0 Å². The number of unbranched alkanes of at least 4 members (excludes halogenated alkanes) is 1. The van der Waals surface area contributed by atoms with Crippen LogP contribution in [0.15, 0.2) is 53.7 Å². The molecule has 0 radical (unpaired) electrons. The van der Waals surface area contributed by atoms with Gasteiger partial charge in [-0.1, -0.05) is 84.1 Å². The lowest BCUT2D eigenvalue weighted by atomic mass is 9.74. The van der Waals surface area contributed by atoms with E-state index in [0.29, 0.717) is 30.1 Å². The van der Waals surface area contributed by atoms with Gasteiger partial charge in [0.2, 0.25) is 0 Å². The monoisotopic (exact) mass is 555 g/mol. The van der Waals surface area contributed by atoms with E-state index < -0.39 is 0 Å². The highest BCUT2D eigenvalue weighted by Crippen LogP contribution is 2.41. The Labute approximate surface area is 243 Å².